The molecule has 0 spiro atoms. The van der Waals surface area contributed by atoms with Crippen molar-refractivity contribution in [2.75, 3.05) is 12.4 Å². The third-order valence-electron chi connectivity index (χ3n) is 4.57. The van der Waals surface area contributed by atoms with Crippen LogP contribution in [0.4, 0.5) is 5.13 Å². The van der Waals surface area contributed by atoms with Gasteiger partial charge in [-0.15, -0.1) is 11.3 Å². The van der Waals surface area contributed by atoms with Crippen molar-refractivity contribution in [1.82, 2.24) is 9.29 Å². The molecule has 6 nitrogen and oxygen atoms in total. The van der Waals surface area contributed by atoms with Crippen LogP contribution in [-0.4, -0.2) is 36.7 Å². The number of hydrogen-bond acceptors (Lipinski definition) is 5. The first kappa shape index (κ1) is 21.2. The maximum Gasteiger partial charge on any atom is 0.257 e. The molecule has 1 amide bonds. The summed E-state index contributed by atoms with van der Waals surface area (Å²) in [4.78, 5) is 17.2. The Balaban J connectivity index is 1.79. The van der Waals surface area contributed by atoms with E-state index in [-0.39, 0.29) is 16.5 Å². The fourth-order valence-electron chi connectivity index (χ4n) is 2.60. The number of anilines is 1. The largest absolute Gasteiger partial charge is 0.298 e. The fraction of sp³-hybridized carbons (Fsp3) is 0.238. The van der Waals surface area contributed by atoms with Crippen LogP contribution in [-0.2, 0) is 10.0 Å². The molecule has 0 fully saturated rings. The van der Waals surface area contributed by atoms with E-state index in [2.05, 4.69) is 10.3 Å². The highest BCUT2D eigenvalue weighted by atomic mass is 32.2. The Morgan fingerprint density at radius 2 is 1.83 bits per heavy atom. The molecule has 152 valence electrons. The minimum absolute atomic E-state index is 0.0841. The van der Waals surface area contributed by atoms with Gasteiger partial charge >= 0.3 is 0 Å². The number of benzene rings is 2. The van der Waals surface area contributed by atoms with Crippen LogP contribution in [0.5, 0.6) is 0 Å². The molecule has 3 rings (SSSR count). The monoisotopic (exact) mass is 429 g/mol. The molecule has 1 aromatic heterocycles. The van der Waals surface area contributed by atoms with E-state index in [0.29, 0.717) is 5.13 Å². The normalized spacial score (nSPS) is 11.8. The number of aryl methyl sites for hydroxylation is 1. The number of nitrogens with one attached hydrogen (secondary N) is 1. The molecule has 1 N–H and O–H groups in total. The fourth-order valence-corrected chi connectivity index (χ4v) is 4.73. The van der Waals surface area contributed by atoms with Gasteiger partial charge in [-0.2, -0.15) is 4.31 Å². The van der Waals surface area contributed by atoms with Gasteiger partial charge in [-0.1, -0.05) is 35.9 Å². The van der Waals surface area contributed by atoms with Crippen molar-refractivity contribution in [3.05, 3.63) is 65.0 Å². The predicted octanol–water partition coefficient (Wildman–Crippen LogP) is 4.40. The smallest absolute Gasteiger partial charge is 0.257 e. The Morgan fingerprint density at radius 1 is 1.14 bits per heavy atom. The number of aromatic nitrogens is 1. The average molecular weight is 430 g/mol. The summed E-state index contributed by atoms with van der Waals surface area (Å²) in [6, 6.07) is 13.8. The van der Waals surface area contributed by atoms with Gasteiger partial charge in [-0.25, -0.2) is 13.4 Å². The van der Waals surface area contributed by atoms with Gasteiger partial charge in [0.15, 0.2) is 5.13 Å². The average Bonchev–Trinajstić information content (AvgIpc) is 3.16. The zero-order valence-corrected chi connectivity index (χ0v) is 18.3. The zero-order chi connectivity index (χ0) is 21.2. The van der Waals surface area contributed by atoms with Crippen LogP contribution in [0.2, 0.25) is 0 Å². The molecule has 0 aliphatic carbocycles. The standard InChI is InChI=1S/C21H23N3O3S2/c1-14(2)24(4)29(26,27)18-7-5-6-17(12-18)20(25)23-21-22-19(13-28-21)16-10-8-15(3)9-11-16/h5-14H,1-4H3,(H,22,23,25). The maximum atomic E-state index is 12.7. The van der Waals surface area contributed by atoms with Crippen LogP contribution < -0.4 is 5.32 Å². The lowest BCUT2D eigenvalue weighted by molar-refractivity contribution is 0.102. The van der Waals surface area contributed by atoms with Gasteiger partial charge in [0, 0.05) is 29.6 Å². The molecule has 2 aromatic carbocycles. The Morgan fingerprint density at radius 3 is 2.48 bits per heavy atom. The zero-order valence-electron chi connectivity index (χ0n) is 16.7. The molecule has 3 aromatic rings. The van der Waals surface area contributed by atoms with Gasteiger partial charge in [-0.05, 0) is 39.0 Å². The number of rotatable bonds is 6. The first-order valence-electron chi connectivity index (χ1n) is 9.10. The maximum absolute atomic E-state index is 12.7. The summed E-state index contributed by atoms with van der Waals surface area (Å²) in [5, 5.41) is 5.08. The molecule has 0 aliphatic rings. The number of carbonyl (C=O) groups is 1. The molecular formula is C21H23N3O3S2. The predicted molar refractivity (Wildman–Crippen MR) is 117 cm³/mol. The topological polar surface area (TPSA) is 79.4 Å². The van der Waals surface area contributed by atoms with Gasteiger partial charge in [0.25, 0.3) is 5.91 Å². The number of sulfonamides is 1. The van der Waals surface area contributed by atoms with Crippen LogP contribution >= 0.6 is 11.3 Å². The highest BCUT2D eigenvalue weighted by Gasteiger charge is 2.24. The van der Waals surface area contributed by atoms with Gasteiger partial charge in [0.2, 0.25) is 10.0 Å². The van der Waals surface area contributed by atoms with Crippen molar-refractivity contribution < 1.29 is 13.2 Å². The summed E-state index contributed by atoms with van der Waals surface area (Å²) in [5.41, 5.74) is 3.17. The molecule has 0 aliphatic heterocycles. The van der Waals surface area contributed by atoms with Crippen LogP contribution in [0, 0.1) is 6.92 Å². The van der Waals surface area contributed by atoms with E-state index in [0.717, 1.165) is 16.8 Å². The van der Waals surface area contributed by atoms with Crippen molar-refractivity contribution in [2.45, 2.75) is 31.7 Å². The lowest BCUT2D eigenvalue weighted by Gasteiger charge is -2.21. The van der Waals surface area contributed by atoms with Gasteiger partial charge < -0.3 is 0 Å². The second-order valence-electron chi connectivity index (χ2n) is 7.00. The van der Waals surface area contributed by atoms with Crippen LogP contribution in [0.3, 0.4) is 0 Å². The Hall–Kier alpha value is -2.55. The Labute approximate surface area is 175 Å². The van der Waals surface area contributed by atoms with E-state index in [1.54, 1.807) is 26.0 Å². The highest BCUT2D eigenvalue weighted by molar-refractivity contribution is 7.89. The van der Waals surface area contributed by atoms with E-state index in [9.17, 15) is 13.2 Å². The molecule has 8 heteroatoms. The number of hydrogen-bond donors (Lipinski definition) is 1. The van der Waals surface area contributed by atoms with Gasteiger partial charge in [-0.3, -0.25) is 10.1 Å². The lowest BCUT2D eigenvalue weighted by atomic mass is 10.1. The molecule has 0 saturated heterocycles. The number of carbonyl (C=O) groups excluding carboxylic acids is 1. The summed E-state index contributed by atoms with van der Waals surface area (Å²) < 4.78 is 26.6. The summed E-state index contributed by atoms with van der Waals surface area (Å²) in [6.07, 6.45) is 0. The minimum atomic E-state index is -3.66. The van der Waals surface area contributed by atoms with Crippen molar-refractivity contribution in [3.8, 4) is 11.3 Å². The summed E-state index contributed by atoms with van der Waals surface area (Å²) in [5.74, 6) is -0.404. The van der Waals surface area contributed by atoms with Crippen molar-refractivity contribution in [2.24, 2.45) is 0 Å². The van der Waals surface area contributed by atoms with Gasteiger partial charge in [0.1, 0.15) is 0 Å². The summed E-state index contributed by atoms with van der Waals surface area (Å²) in [6.45, 7) is 5.61. The number of nitrogens with zero attached hydrogens (tertiary/aromatic N) is 2. The van der Waals surface area contributed by atoms with E-state index >= 15 is 0 Å². The van der Waals surface area contributed by atoms with Gasteiger partial charge in [0.05, 0.1) is 10.6 Å². The molecule has 29 heavy (non-hydrogen) atoms. The second kappa shape index (κ2) is 8.44. The van der Waals surface area contributed by atoms with E-state index < -0.39 is 15.9 Å². The SMILES string of the molecule is Cc1ccc(-c2csc(NC(=O)c3cccc(S(=O)(=O)N(C)C(C)C)c3)n2)cc1. The van der Waals surface area contributed by atoms with Crippen molar-refractivity contribution in [1.29, 1.82) is 0 Å². The second-order valence-corrected chi connectivity index (χ2v) is 9.86. The van der Waals surface area contributed by atoms with Crippen LogP contribution in [0.1, 0.15) is 29.8 Å². The minimum Gasteiger partial charge on any atom is -0.298 e. The number of thiazole rings is 1. The molecule has 0 unspecified atom stereocenters. The number of amides is 1. The van der Waals surface area contributed by atoms with E-state index in [4.69, 9.17) is 0 Å². The Kier molecular flexibility index (Phi) is 6.16. The third kappa shape index (κ3) is 4.72. The first-order chi connectivity index (χ1) is 13.7. The molecule has 1 heterocycles. The summed E-state index contributed by atoms with van der Waals surface area (Å²) >= 11 is 1.32. The van der Waals surface area contributed by atoms with Crippen molar-refractivity contribution in [3.63, 3.8) is 0 Å². The Bertz CT molecular complexity index is 1120. The molecule has 0 atom stereocenters. The first-order valence-corrected chi connectivity index (χ1v) is 11.4. The molecule has 0 saturated carbocycles. The van der Waals surface area contributed by atoms with Crippen LogP contribution in [0.15, 0.2) is 58.8 Å². The lowest BCUT2D eigenvalue weighted by Crippen LogP contribution is -2.33. The molecule has 0 radical (unpaired) electrons. The highest BCUT2D eigenvalue weighted by Crippen LogP contribution is 2.26. The van der Waals surface area contributed by atoms with Crippen LogP contribution in [0.25, 0.3) is 11.3 Å². The quantitative estimate of drug-likeness (QED) is 0.630. The molecule has 0 bridgehead atoms. The molecular weight excluding hydrogens is 406 g/mol. The summed E-state index contributed by atoms with van der Waals surface area (Å²) in [7, 11) is -2.14. The van der Waals surface area contributed by atoms with E-state index in [1.807, 2.05) is 36.6 Å². The van der Waals surface area contributed by atoms with Crippen molar-refractivity contribution >= 4 is 32.4 Å². The van der Waals surface area contributed by atoms with E-state index in [1.165, 1.54) is 34.8 Å². The third-order valence-corrected chi connectivity index (χ3v) is 7.36.